The van der Waals surface area contributed by atoms with Crippen LogP contribution in [0.15, 0.2) is 46.0 Å². The summed E-state index contributed by atoms with van der Waals surface area (Å²) in [5, 5.41) is 7.76. The zero-order valence-electron chi connectivity index (χ0n) is 17.8. The van der Waals surface area contributed by atoms with Gasteiger partial charge in [-0.25, -0.2) is 13.2 Å². The molecule has 2 fully saturated rings. The maximum absolute atomic E-state index is 13.4. The summed E-state index contributed by atoms with van der Waals surface area (Å²) in [6.45, 7) is 0.0848. The lowest BCUT2D eigenvalue weighted by Gasteiger charge is -2.32. The van der Waals surface area contributed by atoms with E-state index in [2.05, 4.69) is 10.6 Å². The molecule has 0 bridgehead atoms. The number of anilines is 1. The molecule has 33 heavy (non-hydrogen) atoms. The summed E-state index contributed by atoms with van der Waals surface area (Å²) in [5.41, 5.74) is 6.41. The topological polar surface area (TPSA) is 125 Å². The minimum atomic E-state index is -3.96. The Balaban J connectivity index is 1.58. The predicted molar refractivity (Wildman–Crippen MR) is 128 cm³/mol. The Morgan fingerprint density at radius 2 is 1.85 bits per heavy atom. The lowest BCUT2D eigenvalue weighted by Crippen LogP contribution is -2.56. The quantitative estimate of drug-likeness (QED) is 0.569. The Bertz CT molecular complexity index is 1100. The van der Waals surface area contributed by atoms with E-state index in [-0.39, 0.29) is 29.4 Å². The second kappa shape index (κ2) is 9.98. The van der Waals surface area contributed by atoms with Crippen LogP contribution in [0.2, 0.25) is 5.02 Å². The van der Waals surface area contributed by atoms with E-state index in [1.807, 2.05) is 0 Å². The molecule has 1 aliphatic heterocycles. The van der Waals surface area contributed by atoms with Crippen molar-refractivity contribution < 1.29 is 18.0 Å². The van der Waals surface area contributed by atoms with E-state index in [4.69, 9.17) is 17.3 Å². The summed E-state index contributed by atoms with van der Waals surface area (Å²) in [7, 11) is -3.96. The Morgan fingerprint density at radius 1 is 1.09 bits per heavy atom. The maximum Gasteiger partial charge on any atom is 0.323 e. The first kappa shape index (κ1) is 24.0. The molecular formula is C21H26ClN5O4S2. The van der Waals surface area contributed by atoms with Gasteiger partial charge in [-0.1, -0.05) is 23.7 Å². The van der Waals surface area contributed by atoms with E-state index in [1.165, 1.54) is 11.0 Å². The van der Waals surface area contributed by atoms with Gasteiger partial charge in [-0.3, -0.25) is 9.69 Å². The van der Waals surface area contributed by atoms with E-state index in [1.54, 1.807) is 35.7 Å². The van der Waals surface area contributed by atoms with Gasteiger partial charge in [0.05, 0.1) is 0 Å². The van der Waals surface area contributed by atoms with Gasteiger partial charge in [0.2, 0.25) is 0 Å². The summed E-state index contributed by atoms with van der Waals surface area (Å²) in [5.74, 6) is -0.519. The molecule has 1 aromatic heterocycles. The van der Waals surface area contributed by atoms with E-state index in [0.717, 1.165) is 28.5 Å². The van der Waals surface area contributed by atoms with Gasteiger partial charge in [-0.15, -0.1) is 11.3 Å². The molecule has 4 N–H and O–H groups in total. The highest BCUT2D eigenvalue weighted by Crippen LogP contribution is 2.29. The van der Waals surface area contributed by atoms with Crippen LogP contribution in [0.4, 0.5) is 10.5 Å². The van der Waals surface area contributed by atoms with Crippen molar-refractivity contribution in [2.75, 3.05) is 18.4 Å². The lowest BCUT2D eigenvalue weighted by molar-refractivity contribution is -0.128. The van der Waals surface area contributed by atoms with Crippen LogP contribution in [0.1, 0.15) is 25.7 Å². The van der Waals surface area contributed by atoms with Crippen LogP contribution in [-0.4, -0.2) is 60.9 Å². The van der Waals surface area contributed by atoms with Gasteiger partial charge < -0.3 is 16.4 Å². The molecule has 1 unspecified atom stereocenters. The number of nitrogens with zero attached hydrogens (tertiary/aromatic N) is 2. The SMILES string of the molecule is NC1CCC(NC(=O)C2N(C(=O)Nc3cccc(Cl)c3)CCN2S(=O)(=O)c2cccs2)CC1. The van der Waals surface area contributed by atoms with Crippen molar-refractivity contribution in [3.8, 4) is 0 Å². The average Bonchev–Trinajstić information content (AvgIpc) is 3.46. The zero-order chi connectivity index (χ0) is 23.6. The third-order valence-corrected chi connectivity index (χ3v) is 9.34. The van der Waals surface area contributed by atoms with Gasteiger partial charge in [-0.2, -0.15) is 4.31 Å². The summed E-state index contributed by atoms with van der Waals surface area (Å²) < 4.78 is 27.8. The van der Waals surface area contributed by atoms with Crippen LogP contribution in [0, 0.1) is 0 Å². The van der Waals surface area contributed by atoms with Gasteiger partial charge >= 0.3 is 6.03 Å². The molecule has 4 rings (SSSR count). The molecule has 178 valence electrons. The van der Waals surface area contributed by atoms with Crippen LogP contribution < -0.4 is 16.4 Å². The second-order valence-electron chi connectivity index (χ2n) is 8.18. The van der Waals surface area contributed by atoms with Crippen molar-refractivity contribution in [2.24, 2.45) is 5.73 Å². The van der Waals surface area contributed by atoms with Gasteiger partial charge in [-0.05, 0) is 55.3 Å². The third-order valence-electron chi connectivity index (χ3n) is 5.88. The van der Waals surface area contributed by atoms with Crippen LogP contribution in [0.5, 0.6) is 0 Å². The number of thiophene rings is 1. The Labute approximate surface area is 201 Å². The molecule has 1 saturated heterocycles. The van der Waals surface area contributed by atoms with Crippen LogP contribution in [0.3, 0.4) is 0 Å². The van der Waals surface area contributed by atoms with Gasteiger partial charge in [0, 0.05) is 35.9 Å². The van der Waals surface area contributed by atoms with E-state index in [0.29, 0.717) is 23.6 Å². The van der Waals surface area contributed by atoms with Crippen molar-refractivity contribution in [3.63, 3.8) is 0 Å². The minimum Gasteiger partial charge on any atom is -0.350 e. The zero-order valence-corrected chi connectivity index (χ0v) is 20.2. The van der Waals surface area contributed by atoms with Gasteiger partial charge in [0.15, 0.2) is 6.17 Å². The Kier molecular flexibility index (Phi) is 7.25. The number of carbonyl (C=O) groups excluding carboxylic acids is 2. The second-order valence-corrected chi connectivity index (χ2v) is 11.7. The fourth-order valence-electron chi connectivity index (χ4n) is 4.17. The first-order valence-electron chi connectivity index (χ1n) is 10.7. The number of amides is 3. The third kappa shape index (κ3) is 5.33. The molecule has 2 heterocycles. The summed E-state index contributed by atoms with van der Waals surface area (Å²) >= 11 is 7.07. The number of benzene rings is 1. The molecule has 2 aromatic rings. The van der Waals surface area contributed by atoms with Gasteiger partial charge in [0.25, 0.3) is 15.9 Å². The monoisotopic (exact) mass is 511 g/mol. The van der Waals surface area contributed by atoms with Crippen LogP contribution >= 0.6 is 22.9 Å². The molecule has 1 aromatic carbocycles. The molecule has 0 spiro atoms. The van der Waals surface area contributed by atoms with Crippen molar-refractivity contribution in [1.29, 1.82) is 0 Å². The molecule has 1 atom stereocenters. The summed E-state index contributed by atoms with van der Waals surface area (Å²) in [6, 6.07) is 9.16. The molecule has 12 heteroatoms. The molecule has 1 aliphatic carbocycles. The maximum atomic E-state index is 13.4. The number of halogens is 1. The summed E-state index contributed by atoms with van der Waals surface area (Å²) in [6.07, 6.45) is 1.70. The number of nitrogens with one attached hydrogen (secondary N) is 2. The number of rotatable bonds is 5. The molecule has 9 nitrogen and oxygen atoms in total. The molecule has 3 amide bonds. The van der Waals surface area contributed by atoms with E-state index >= 15 is 0 Å². The van der Waals surface area contributed by atoms with Gasteiger partial charge in [0.1, 0.15) is 4.21 Å². The fraction of sp³-hybridized carbons (Fsp3) is 0.429. The van der Waals surface area contributed by atoms with Crippen molar-refractivity contribution >= 4 is 50.6 Å². The predicted octanol–water partition coefficient (Wildman–Crippen LogP) is 2.65. The fourth-order valence-corrected chi connectivity index (χ4v) is 7.02. The molecule has 2 aliphatic rings. The van der Waals surface area contributed by atoms with Crippen LogP contribution in [-0.2, 0) is 14.8 Å². The first-order valence-corrected chi connectivity index (χ1v) is 13.4. The number of hydrogen-bond acceptors (Lipinski definition) is 6. The molecule has 1 saturated carbocycles. The van der Waals surface area contributed by atoms with Crippen molar-refractivity contribution in [1.82, 2.24) is 14.5 Å². The smallest absolute Gasteiger partial charge is 0.323 e. The number of hydrogen-bond donors (Lipinski definition) is 3. The van der Waals surface area contributed by atoms with E-state index in [9.17, 15) is 18.0 Å². The standard InChI is InChI=1S/C21H26ClN5O4S2/c22-14-3-1-4-17(13-14)25-21(29)26-10-11-27(33(30,31)18-5-2-12-32-18)20(26)19(28)24-16-8-6-15(23)7-9-16/h1-5,12-13,15-16,20H,6-11,23H2,(H,24,28)(H,25,29). The lowest BCUT2D eigenvalue weighted by atomic mass is 9.92. The summed E-state index contributed by atoms with van der Waals surface area (Å²) in [4.78, 5) is 27.7. The largest absolute Gasteiger partial charge is 0.350 e. The highest BCUT2D eigenvalue weighted by molar-refractivity contribution is 7.91. The molecular weight excluding hydrogens is 486 g/mol. The van der Waals surface area contributed by atoms with Crippen LogP contribution in [0.25, 0.3) is 0 Å². The highest BCUT2D eigenvalue weighted by Gasteiger charge is 2.47. The van der Waals surface area contributed by atoms with Crippen molar-refractivity contribution in [3.05, 3.63) is 46.8 Å². The Hall–Kier alpha value is -2.18. The number of sulfonamides is 1. The number of urea groups is 1. The first-order chi connectivity index (χ1) is 15.8. The average molecular weight is 512 g/mol. The highest BCUT2D eigenvalue weighted by atomic mass is 35.5. The number of carbonyl (C=O) groups is 2. The number of nitrogens with two attached hydrogens (primary N) is 1. The normalized spacial score (nSPS) is 23.9. The van der Waals surface area contributed by atoms with E-state index < -0.39 is 28.1 Å². The Morgan fingerprint density at radius 3 is 2.52 bits per heavy atom. The molecule has 0 radical (unpaired) electrons. The van der Waals surface area contributed by atoms with Crippen molar-refractivity contribution in [2.45, 2.75) is 48.1 Å². The minimum absolute atomic E-state index is 0.0107.